The molecule has 0 amide bonds. The number of rotatable bonds is 4. The Kier molecular flexibility index (Phi) is 6.28. The van der Waals surface area contributed by atoms with Crippen LogP contribution in [-0.2, 0) is 0 Å². The van der Waals surface area contributed by atoms with E-state index in [1.807, 2.05) is 0 Å². The van der Waals surface area contributed by atoms with Gasteiger partial charge in [-0.1, -0.05) is 127 Å². The van der Waals surface area contributed by atoms with Crippen molar-refractivity contribution in [1.29, 1.82) is 0 Å². The van der Waals surface area contributed by atoms with Gasteiger partial charge in [-0.2, -0.15) is 0 Å². The Hall–Kier alpha value is -6.90. The molecule has 0 aliphatic carbocycles. The fourth-order valence-corrected chi connectivity index (χ4v) is 8.37. The van der Waals surface area contributed by atoms with Gasteiger partial charge in [0.15, 0.2) is 0 Å². The summed E-state index contributed by atoms with van der Waals surface area (Å²) in [6.07, 6.45) is 0. The van der Waals surface area contributed by atoms with Crippen molar-refractivity contribution in [3.05, 3.63) is 188 Å². The Bertz CT molecular complexity index is 3170. The zero-order valence-electron chi connectivity index (χ0n) is 28.3. The first-order valence-corrected chi connectivity index (χ1v) is 17.8. The van der Waals surface area contributed by atoms with Gasteiger partial charge in [0, 0.05) is 27.2 Å². The molecule has 0 saturated carbocycles. The standard InChI is InChI=1S/C50H31NO/c1-3-12-32(13-4-1)35-23-26-42-49(31-35)52-48-21-11-19-41(50(42)48)44-30-36-14-7-8-17-38(36)43-28-33(22-25-39(43)44)34-24-27-47-45(29-34)40-18-9-10-20-46(40)51(47)37-15-5-2-6-16-37/h1-31H. The van der Waals surface area contributed by atoms with Crippen LogP contribution in [0.2, 0.25) is 0 Å². The molecule has 11 aromatic rings. The van der Waals surface area contributed by atoms with E-state index in [1.54, 1.807) is 0 Å². The predicted octanol–water partition coefficient (Wildman–Crippen LogP) is 14.0. The van der Waals surface area contributed by atoms with Crippen molar-refractivity contribution in [2.75, 3.05) is 0 Å². The lowest BCUT2D eigenvalue weighted by atomic mass is 9.89. The summed E-state index contributed by atoms with van der Waals surface area (Å²) < 4.78 is 8.92. The van der Waals surface area contributed by atoms with Crippen molar-refractivity contribution in [2.24, 2.45) is 0 Å². The molecule has 0 aliphatic heterocycles. The quantitative estimate of drug-likeness (QED) is 0.172. The lowest BCUT2D eigenvalue weighted by Gasteiger charge is -2.14. The molecule has 0 fully saturated rings. The summed E-state index contributed by atoms with van der Waals surface area (Å²) in [6.45, 7) is 0. The van der Waals surface area contributed by atoms with Crippen LogP contribution < -0.4 is 0 Å². The number of fused-ring (bicyclic) bond motifs is 9. The number of benzene rings is 9. The third kappa shape index (κ3) is 4.38. The Labute approximate surface area is 300 Å². The lowest BCUT2D eigenvalue weighted by molar-refractivity contribution is 0.669. The van der Waals surface area contributed by atoms with Crippen molar-refractivity contribution in [2.45, 2.75) is 0 Å². The molecule has 2 heterocycles. The fraction of sp³-hybridized carbons (Fsp3) is 0. The van der Waals surface area contributed by atoms with E-state index in [-0.39, 0.29) is 0 Å². The van der Waals surface area contributed by atoms with Crippen LogP contribution in [0, 0.1) is 0 Å². The van der Waals surface area contributed by atoms with E-state index in [2.05, 4.69) is 193 Å². The molecule has 0 aliphatic rings. The zero-order chi connectivity index (χ0) is 34.2. The smallest absolute Gasteiger partial charge is 0.136 e. The molecule has 0 saturated heterocycles. The molecule has 2 aromatic heterocycles. The number of nitrogens with zero attached hydrogens (tertiary/aromatic N) is 1. The van der Waals surface area contributed by atoms with Crippen LogP contribution in [0.4, 0.5) is 0 Å². The summed E-state index contributed by atoms with van der Waals surface area (Å²) >= 11 is 0. The second-order valence-corrected chi connectivity index (χ2v) is 13.7. The Morgan fingerprint density at radius 1 is 0.327 bits per heavy atom. The van der Waals surface area contributed by atoms with Crippen molar-refractivity contribution < 1.29 is 4.42 Å². The molecule has 9 aromatic carbocycles. The highest BCUT2D eigenvalue weighted by atomic mass is 16.3. The SMILES string of the molecule is c1ccc(-c2ccc3c(c2)oc2cccc(-c4cc5ccccc5c5cc(-c6ccc7c(c6)c6ccccc6n7-c6ccccc6)ccc45)c23)cc1. The van der Waals surface area contributed by atoms with E-state index in [0.717, 1.165) is 27.5 Å². The third-order valence-electron chi connectivity index (χ3n) is 10.8. The van der Waals surface area contributed by atoms with E-state index in [9.17, 15) is 0 Å². The molecule has 0 radical (unpaired) electrons. The van der Waals surface area contributed by atoms with E-state index in [0.29, 0.717) is 0 Å². The first-order valence-electron chi connectivity index (χ1n) is 17.8. The zero-order valence-corrected chi connectivity index (χ0v) is 28.3. The predicted molar refractivity (Wildman–Crippen MR) is 219 cm³/mol. The van der Waals surface area contributed by atoms with Gasteiger partial charge in [0.25, 0.3) is 0 Å². The molecule has 11 rings (SSSR count). The summed E-state index contributed by atoms with van der Waals surface area (Å²) in [5.74, 6) is 0. The van der Waals surface area contributed by atoms with Gasteiger partial charge >= 0.3 is 0 Å². The highest BCUT2D eigenvalue weighted by Gasteiger charge is 2.18. The van der Waals surface area contributed by atoms with E-state index >= 15 is 0 Å². The van der Waals surface area contributed by atoms with Gasteiger partial charge in [-0.15, -0.1) is 0 Å². The van der Waals surface area contributed by atoms with E-state index in [1.165, 1.54) is 76.9 Å². The minimum atomic E-state index is 0.901. The van der Waals surface area contributed by atoms with Gasteiger partial charge in [0.1, 0.15) is 11.2 Å². The monoisotopic (exact) mass is 661 g/mol. The molecule has 0 N–H and O–H groups in total. The summed E-state index contributed by atoms with van der Waals surface area (Å²) in [5, 5.41) is 9.74. The van der Waals surface area contributed by atoms with Gasteiger partial charge < -0.3 is 8.98 Å². The van der Waals surface area contributed by atoms with Crippen LogP contribution in [0.5, 0.6) is 0 Å². The van der Waals surface area contributed by atoms with Gasteiger partial charge in [-0.3, -0.25) is 0 Å². The Balaban J connectivity index is 1.11. The largest absolute Gasteiger partial charge is 0.456 e. The molecule has 2 nitrogen and oxygen atoms in total. The maximum absolute atomic E-state index is 6.55. The molecule has 0 unspecified atom stereocenters. The second kappa shape index (κ2) is 11.3. The van der Waals surface area contributed by atoms with Crippen LogP contribution >= 0.6 is 0 Å². The van der Waals surface area contributed by atoms with Crippen molar-refractivity contribution in [1.82, 2.24) is 4.57 Å². The van der Waals surface area contributed by atoms with Crippen LogP contribution in [-0.4, -0.2) is 4.57 Å². The lowest BCUT2D eigenvalue weighted by Crippen LogP contribution is -1.92. The molecule has 0 atom stereocenters. The molecule has 0 spiro atoms. The fourth-order valence-electron chi connectivity index (χ4n) is 8.37. The number of para-hydroxylation sites is 2. The van der Waals surface area contributed by atoms with Gasteiger partial charge in [-0.25, -0.2) is 0 Å². The average Bonchev–Trinajstić information content (AvgIpc) is 3.76. The van der Waals surface area contributed by atoms with Gasteiger partial charge in [-0.05, 0) is 116 Å². The molecule has 0 bridgehead atoms. The van der Waals surface area contributed by atoms with Crippen LogP contribution in [0.1, 0.15) is 0 Å². The maximum Gasteiger partial charge on any atom is 0.136 e. The average molecular weight is 662 g/mol. The Morgan fingerprint density at radius 3 is 1.83 bits per heavy atom. The highest BCUT2D eigenvalue weighted by Crippen LogP contribution is 2.43. The number of hydrogen-bond donors (Lipinski definition) is 0. The van der Waals surface area contributed by atoms with Crippen molar-refractivity contribution in [3.8, 4) is 39.1 Å². The van der Waals surface area contributed by atoms with Crippen molar-refractivity contribution in [3.63, 3.8) is 0 Å². The minimum Gasteiger partial charge on any atom is -0.456 e. The van der Waals surface area contributed by atoms with E-state index in [4.69, 9.17) is 4.42 Å². The van der Waals surface area contributed by atoms with Crippen LogP contribution in [0.15, 0.2) is 192 Å². The first-order chi connectivity index (χ1) is 25.8. The minimum absolute atomic E-state index is 0.901. The molecule has 52 heavy (non-hydrogen) atoms. The summed E-state index contributed by atoms with van der Waals surface area (Å²) in [5.41, 5.74) is 12.5. The maximum atomic E-state index is 6.55. The summed E-state index contributed by atoms with van der Waals surface area (Å²) in [4.78, 5) is 0. The molecule has 2 heteroatoms. The summed E-state index contributed by atoms with van der Waals surface area (Å²) in [7, 11) is 0. The molecular formula is C50H31NO. The topological polar surface area (TPSA) is 18.1 Å². The first kappa shape index (κ1) is 28.9. The second-order valence-electron chi connectivity index (χ2n) is 13.7. The number of aromatic nitrogens is 1. The third-order valence-corrected chi connectivity index (χ3v) is 10.8. The number of furan rings is 1. The van der Waals surface area contributed by atoms with Crippen LogP contribution in [0.25, 0.3) is 104 Å². The number of hydrogen-bond acceptors (Lipinski definition) is 1. The van der Waals surface area contributed by atoms with Crippen molar-refractivity contribution >= 4 is 65.3 Å². The summed E-state index contributed by atoms with van der Waals surface area (Å²) in [6, 6.07) is 68.0. The normalized spacial score (nSPS) is 11.8. The van der Waals surface area contributed by atoms with Gasteiger partial charge in [0.05, 0.1) is 11.0 Å². The van der Waals surface area contributed by atoms with Gasteiger partial charge in [0.2, 0.25) is 0 Å². The van der Waals surface area contributed by atoms with E-state index < -0.39 is 0 Å². The van der Waals surface area contributed by atoms with Crippen LogP contribution in [0.3, 0.4) is 0 Å². The Morgan fingerprint density at radius 2 is 0.981 bits per heavy atom. The molecule has 242 valence electrons. The highest BCUT2D eigenvalue weighted by molar-refractivity contribution is 6.20. The molecular weight excluding hydrogens is 631 g/mol.